The summed E-state index contributed by atoms with van der Waals surface area (Å²) in [6.07, 6.45) is 0. The number of hydrogen-bond donors (Lipinski definition) is 1. The molecule has 0 fully saturated rings. The molecule has 1 rings (SSSR count). The van der Waals surface area contributed by atoms with E-state index in [1.165, 1.54) is 0 Å². The highest BCUT2D eigenvalue weighted by atomic mass is 35.5. The zero-order chi connectivity index (χ0) is 8.27. The van der Waals surface area contributed by atoms with Gasteiger partial charge in [0.05, 0.1) is 17.7 Å². The van der Waals surface area contributed by atoms with Gasteiger partial charge >= 0.3 is 0 Å². The van der Waals surface area contributed by atoms with Crippen molar-refractivity contribution in [1.29, 1.82) is 0 Å². The standard InChI is InChI=1S/C7H10ClNOS/c1-10-4-6(9)7-5(8)2-3-11-7/h2-3,6H,4,9H2,1H3/t6-/m1/s1. The topological polar surface area (TPSA) is 35.2 Å². The van der Waals surface area contributed by atoms with Gasteiger partial charge < -0.3 is 10.5 Å². The molecule has 0 saturated heterocycles. The Morgan fingerprint density at radius 3 is 3.00 bits per heavy atom. The van der Waals surface area contributed by atoms with E-state index in [9.17, 15) is 0 Å². The third-order valence-corrected chi connectivity index (χ3v) is 2.82. The van der Waals surface area contributed by atoms with E-state index in [2.05, 4.69) is 0 Å². The van der Waals surface area contributed by atoms with Crippen LogP contribution in [0.5, 0.6) is 0 Å². The molecule has 0 aromatic carbocycles. The highest BCUT2D eigenvalue weighted by Gasteiger charge is 2.10. The van der Waals surface area contributed by atoms with E-state index in [0.29, 0.717) is 6.61 Å². The monoisotopic (exact) mass is 191 g/mol. The molecule has 0 unspecified atom stereocenters. The molecule has 0 bridgehead atoms. The van der Waals surface area contributed by atoms with E-state index in [4.69, 9.17) is 22.1 Å². The molecule has 4 heteroatoms. The molecule has 11 heavy (non-hydrogen) atoms. The molecule has 1 aromatic heterocycles. The molecule has 0 aliphatic carbocycles. The van der Waals surface area contributed by atoms with Crippen molar-refractivity contribution in [2.24, 2.45) is 5.73 Å². The minimum Gasteiger partial charge on any atom is -0.383 e. The van der Waals surface area contributed by atoms with Crippen LogP contribution < -0.4 is 5.73 Å². The van der Waals surface area contributed by atoms with Crippen molar-refractivity contribution in [2.75, 3.05) is 13.7 Å². The van der Waals surface area contributed by atoms with Crippen LogP contribution in [-0.4, -0.2) is 13.7 Å². The molecule has 0 radical (unpaired) electrons. The van der Waals surface area contributed by atoms with Crippen LogP contribution in [0.2, 0.25) is 5.02 Å². The lowest BCUT2D eigenvalue weighted by molar-refractivity contribution is 0.182. The lowest BCUT2D eigenvalue weighted by Gasteiger charge is -2.07. The van der Waals surface area contributed by atoms with Crippen molar-refractivity contribution < 1.29 is 4.74 Å². The maximum atomic E-state index is 5.85. The first-order valence-electron chi connectivity index (χ1n) is 3.23. The second-order valence-corrected chi connectivity index (χ2v) is 3.55. The molecule has 62 valence electrons. The van der Waals surface area contributed by atoms with E-state index in [1.54, 1.807) is 18.4 Å². The molecule has 0 amide bonds. The highest BCUT2D eigenvalue weighted by molar-refractivity contribution is 7.10. The minimum atomic E-state index is -0.0903. The lowest BCUT2D eigenvalue weighted by Crippen LogP contribution is -2.14. The van der Waals surface area contributed by atoms with E-state index in [-0.39, 0.29) is 6.04 Å². The maximum Gasteiger partial charge on any atom is 0.0664 e. The number of thiophene rings is 1. The van der Waals surface area contributed by atoms with Gasteiger partial charge in [0.1, 0.15) is 0 Å². The van der Waals surface area contributed by atoms with Crippen LogP contribution in [0.3, 0.4) is 0 Å². The summed E-state index contributed by atoms with van der Waals surface area (Å²) in [6.45, 7) is 0.514. The fraction of sp³-hybridized carbons (Fsp3) is 0.429. The molecule has 2 N–H and O–H groups in total. The Morgan fingerprint density at radius 2 is 2.55 bits per heavy atom. The largest absolute Gasteiger partial charge is 0.383 e. The summed E-state index contributed by atoms with van der Waals surface area (Å²) in [6, 6.07) is 1.75. The Labute approximate surface area is 74.9 Å². The molecule has 0 aliphatic heterocycles. The van der Waals surface area contributed by atoms with Crippen LogP contribution in [0.15, 0.2) is 11.4 Å². The Kier molecular flexibility index (Phi) is 3.33. The highest BCUT2D eigenvalue weighted by Crippen LogP contribution is 2.27. The number of halogens is 1. The van der Waals surface area contributed by atoms with Gasteiger partial charge in [0, 0.05) is 12.0 Å². The normalized spacial score (nSPS) is 13.4. The Balaban J connectivity index is 2.67. The first-order valence-corrected chi connectivity index (χ1v) is 4.49. The second-order valence-electron chi connectivity index (χ2n) is 2.19. The zero-order valence-electron chi connectivity index (χ0n) is 6.21. The van der Waals surface area contributed by atoms with Gasteiger partial charge in [0.25, 0.3) is 0 Å². The molecule has 0 aliphatic rings. The zero-order valence-corrected chi connectivity index (χ0v) is 7.78. The molecule has 2 nitrogen and oxygen atoms in total. The molecule has 1 atom stereocenters. The first-order chi connectivity index (χ1) is 5.25. The maximum absolute atomic E-state index is 5.85. The summed E-state index contributed by atoms with van der Waals surface area (Å²) in [5, 5.41) is 2.66. The van der Waals surface area contributed by atoms with E-state index in [1.807, 2.05) is 11.4 Å². The van der Waals surface area contributed by atoms with Crippen LogP contribution >= 0.6 is 22.9 Å². The van der Waals surface area contributed by atoms with Gasteiger partial charge in [-0.2, -0.15) is 0 Å². The van der Waals surface area contributed by atoms with Gasteiger partial charge in [-0.15, -0.1) is 11.3 Å². The van der Waals surface area contributed by atoms with E-state index < -0.39 is 0 Å². The number of rotatable bonds is 3. The number of methoxy groups -OCH3 is 1. The van der Waals surface area contributed by atoms with Gasteiger partial charge in [0.2, 0.25) is 0 Å². The van der Waals surface area contributed by atoms with Gasteiger partial charge in [-0.1, -0.05) is 11.6 Å². The Morgan fingerprint density at radius 1 is 1.82 bits per heavy atom. The van der Waals surface area contributed by atoms with Crippen molar-refractivity contribution in [3.63, 3.8) is 0 Å². The van der Waals surface area contributed by atoms with Crippen LogP contribution in [0.25, 0.3) is 0 Å². The molecular weight excluding hydrogens is 182 g/mol. The fourth-order valence-electron chi connectivity index (χ4n) is 0.825. The summed E-state index contributed by atoms with van der Waals surface area (Å²) < 4.78 is 4.91. The predicted molar refractivity (Wildman–Crippen MR) is 48.1 cm³/mol. The fourth-order valence-corrected chi connectivity index (χ4v) is 2.01. The van der Waals surface area contributed by atoms with E-state index in [0.717, 1.165) is 9.90 Å². The lowest BCUT2D eigenvalue weighted by atomic mass is 10.3. The van der Waals surface area contributed by atoms with Crippen molar-refractivity contribution >= 4 is 22.9 Å². The van der Waals surface area contributed by atoms with Crippen LogP contribution in [0.1, 0.15) is 10.9 Å². The van der Waals surface area contributed by atoms with E-state index >= 15 is 0 Å². The van der Waals surface area contributed by atoms with Crippen molar-refractivity contribution in [2.45, 2.75) is 6.04 Å². The predicted octanol–water partition coefficient (Wildman–Crippen LogP) is 2.05. The second kappa shape index (κ2) is 4.07. The Bertz CT molecular complexity index is 226. The van der Waals surface area contributed by atoms with Crippen LogP contribution in [0.4, 0.5) is 0 Å². The summed E-state index contributed by atoms with van der Waals surface area (Å²) in [5.41, 5.74) is 5.75. The summed E-state index contributed by atoms with van der Waals surface area (Å²) >= 11 is 7.41. The molecule has 1 aromatic rings. The Hall–Kier alpha value is -0.0900. The number of hydrogen-bond acceptors (Lipinski definition) is 3. The average molecular weight is 192 g/mol. The molecule has 0 saturated carbocycles. The van der Waals surface area contributed by atoms with Gasteiger partial charge in [-0.3, -0.25) is 0 Å². The minimum absolute atomic E-state index is 0.0903. The molecule has 0 spiro atoms. The summed E-state index contributed by atoms with van der Waals surface area (Å²) in [4.78, 5) is 0.994. The third-order valence-electron chi connectivity index (χ3n) is 1.33. The average Bonchev–Trinajstić information content (AvgIpc) is 2.36. The summed E-state index contributed by atoms with van der Waals surface area (Å²) in [5.74, 6) is 0. The van der Waals surface area contributed by atoms with Gasteiger partial charge in [-0.25, -0.2) is 0 Å². The first kappa shape index (κ1) is 9.00. The number of nitrogens with two attached hydrogens (primary N) is 1. The SMILES string of the molecule is COC[C@@H](N)c1sccc1Cl. The van der Waals surface area contributed by atoms with Crippen molar-refractivity contribution in [3.8, 4) is 0 Å². The summed E-state index contributed by atoms with van der Waals surface area (Å²) in [7, 11) is 1.63. The van der Waals surface area contributed by atoms with Crippen LogP contribution in [0, 0.1) is 0 Å². The molecule has 1 heterocycles. The van der Waals surface area contributed by atoms with Crippen LogP contribution in [-0.2, 0) is 4.74 Å². The van der Waals surface area contributed by atoms with Gasteiger partial charge in [-0.05, 0) is 11.4 Å². The van der Waals surface area contributed by atoms with Crippen molar-refractivity contribution in [1.82, 2.24) is 0 Å². The smallest absolute Gasteiger partial charge is 0.0664 e. The van der Waals surface area contributed by atoms with Crippen molar-refractivity contribution in [3.05, 3.63) is 21.3 Å². The third kappa shape index (κ3) is 2.17. The van der Waals surface area contributed by atoms with Gasteiger partial charge in [0.15, 0.2) is 0 Å². The number of ether oxygens (including phenoxy) is 1. The quantitative estimate of drug-likeness (QED) is 0.794. The molecular formula is C7H10ClNOS.